The van der Waals surface area contributed by atoms with E-state index in [4.69, 9.17) is 9.84 Å². The molecule has 0 aromatic heterocycles. The lowest BCUT2D eigenvalue weighted by atomic mass is 9.90. The normalized spacial score (nSPS) is 14.4. The molecule has 0 bridgehead atoms. The Morgan fingerprint density at radius 2 is 2.06 bits per heavy atom. The van der Waals surface area contributed by atoms with Gasteiger partial charge in [-0.3, -0.25) is 0 Å². The highest BCUT2D eigenvalue weighted by Gasteiger charge is 2.22. The monoisotopic (exact) mass is 238 g/mol. The smallest absolute Gasteiger partial charge is 0.122 e. The number of hydrogen-bond donors (Lipinski definition) is 2. The molecule has 3 heteroatoms. The van der Waals surface area contributed by atoms with Gasteiger partial charge in [-0.15, -0.1) is 0 Å². The lowest BCUT2D eigenvalue weighted by Crippen LogP contribution is -2.21. The first-order valence-corrected chi connectivity index (χ1v) is 6.08. The fourth-order valence-corrected chi connectivity index (χ4v) is 1.87. The zero-order valence-electron chi connectivity index (χ0n) is 10.9. The molecule has 3 nitrogen and oxygen atoms in total. The zero-order valence-corrected chi connectivity index (χ0v) is 10.9. The molecule has 1 unspecified atom stereocenters. The standard InChI is InChI=1S/C14H22O3/c1-4-17-13-7-6-12(10-11(13)2)14(3,16)8-5-9-15/h6-7,10,15-16H,4-5,8-9H2,1-3H3. The summed E-state index contributed by atoms with van der Waals surface area (Å²) >= 11 is 0. The van der Waals surface area contributed by atoms with E-state index in [9.17, 15) is 5.11 Å². The molecule has 1 aromatic rings. The highest BCUT2D eigenvalue weighted by molar-refractivity contribution is 5.38. The SMILES string of the molecule is CCOc1ccc(C(C)(O)CCCO)cc1C. The zero-order chi connectivity index (χ0) is 12.9. The van der Waals surface area contributed by atoms with Crippen LogP contribution in [0.3, 0.4) is 0 Å². The van der Waals surface area contributed by atoms with E-state index < -0.39 is 5.60 Å². The average molecular weight is 238 g/mol. The molecule has 0 aliphatic carbocycles. The Bertz CT molecular complexity index is 358. The highest BCUT2D eigenvalue weighted by Crippen LogP contribution is 2.29. The van der Waals surface area contributed by atoms with Crippen molar-refractivity contribution in [2.45, 2.75) is 39.2 Å². The Morgan fingerprint density at radius 1 is 1.35 bits per heavy atom. The Labute approximate surface area is 103 Å². The number of hydrogen-bond acceptors (Lipinski definition) is 3. The van der Waals surface area contributed by atoms with Gasteiger partial charge in [0.2, 0.25) is 0 Å². The fourth-order valence-electron chi connectivity index (χ4n) is 1.87. The maximum atomic E-state index is 10.3. The quantitative estimate of drug-likeness (QED) is 0.800. The van der Waals surface area contributed by atoms with Crippen molar-refractivity contribution in [2.75, 3.05) is 13.2 Å². The lowest BCUT2D eigenvalue weighted by molar-refractivity contribution is 0.0402. The van der Waals surface area contributed by atoms with E-state index in [0.29, 0.717) is 19.4 Å². The van der Waals surface area contributed by atoms with Crippen LogP contribution in [0.2, 0.25) is 0 Å². The summed E-state index contributed by atoms with van der Waals surface area (Å²) in [5, 5.41) is 19.1. The van der Waals surface area contributed by atoms with Gasteiger partial charge >= 0.3 is 0 Å². The molecule has 0 saturated heterocycles. The predicted molar refractivity (Wildman–Crippen MR) is 68.2 cm³/mol. The molecule has 0 heterocycles. The Hall–Kier alpha value is -1.06. The molecule has 0 radical (unpaired) electrons. The molecule has 0 fully saturated rings. The number of rotatable bonds is 6. The van der Waals surface area contributed by atoms with Gasteiger partial charge in [0, 0.05) is 6.61 Å². The Balaban J connectivity index is 2.88. The van der Waals surface area contributed by atoms with Crippen LogP contribution in [0.25, 0.3) is 0 Å². The molecule has 17 heavy (non-hydrogen) atoms. The molecular formula is C14H22O3. The minimum atomic E-state index is -0.891. The van der Waals surface area contributed by atoms with E-state index in [0.717, 1.165) is 16.9 Å². The second-order valence-corrected chi connectivity index (χ2v) is 4.51. The number of aliphatic hydroxyl groups excluding tert-OH is 1. The fraction of sp³-hybridized carbons (Fsp3) is 0.571. The summed E-state index contributed by atoms with van der Waals surface area (Å²) in [6.07, 6.45) is 1.15. The average Bonchev–Trinajstić information content (AvgIpc) is 2.29. The summed E-state index contributed by atoms with van der Waals surface area (Å²) < 4.78 is 5.46. The summed E-state index contributed by atoms with van der Waals surface area (Å²) in [5.74, 6) is 0.856. The first kappa shape index (κ1) is 14.0. The van der Waals surface area contributed by atoms with Crippen molar-refractivity contribution < 1.29 is 14.9 Å². The van der Waals surface area contributed by atoms with Gasteiger partial charge < -0.3 is 14.9 Å². The third-order valence-electron chi connectivity index (χ3n) is 2.92. The first-order valence-electron chi connectivity index (χ1n) is 6.08. The Kier molecular flexibility index (Phi) is 4.97. The van der Waals surface area contributed by atoms with Gasteiger partial charge in [-0.1, -0.05) is 6.07 Å². The van der Waals surface area contributed by atoms with E-state index in [2.05, 4.69) is 0 Å². The Morgan fingerprint density at radius 3 is 2.59 bits per heavy atom. The summed E-state index contributed by atoms with van der Waals surface area (Å²) in [6, 6.07) is 5.72. The van der Waals surface area contributed by atoms with Gasteiger partial charge in [0.05, 0.1) is 12.2 Å². The summed E-state index contributed by atoms with van der Waals surface area (Å²) in [4.78, 5) is 0. The third-order valence-corrected chi connectivity index (χ3v) is 2.92. The number of ether oxygens (including phenoxy) is 1. The van der Waals surface area contributed by atoms with Crippen molar-refractivity contribution in [3.8, 4) is 5.75 Å². The van der Waals surface area contributed by atoms with Crippen LogP contribution in [-0.2, 0) is 5.60 Å². The molecule has 0 amide bonds. The molecule has 2 N–H and O–H groups in total. The van der Waals surface area contributed by atoms with E-state index >= 15 is 0 Å². The molecule has 1 aromatic carbocycles. The molecule has 1 rings (SSSR count). The van der Waals surface area contributed by atoms with Gasteiger partial charge in [-0.05, 0) is 56.9 Å². The van der Waals surface area contributed by atoms with E-state index in [1.807, 2.05) is 32.0 Å². The van der Waals surface area contributed by atoms with Gasteiger partial charge in [0.15, 0.2) is 0 Å². The summed E-state index contributed by atoms with van der Waals surface area (Å²) in [6.45, 7) is 6.44. The van der Waals surface area contributed by atoms with Crippen LogP contribution < -0.4 is 4.74 Å². The second-order valence-electron chi connectivity index (χ2n) is 4.51. The van der Waals surface area contributed by atoms with Crippen LogP contribution in [0, 0.1) is 6.92 Å². The predicted octanol–water partition coefficient (Wildman–Crippen LogP) is 2.37. The molecular weight excluding hydrogens is 216 g/mol. The second kappa shape index (κ2) is 6.03. The van der Waals surface area contributed by atoms with Crippen molar-refractivity contribution in [2.24, 2.45) is 0 Å². The highest BCUT2D eigenvalue weighted by atomic mass is 16.5. The molecule has 1 atom stereocenters. The summed E-state index contributed by atoms with van der Waals surface area (Å²) in [7, 11) is 0. The van der Waals surface area contributed by atoms with Crippen LogP contribution in [-0.4, -0.2) is 23.4 Å². The maximum absolute atomic E-state index is 10.3. The van der Waals surface area contributed by atoms with Crippen molar-refractivity contribution in [1.29, 1.82) is 0 Å². The van der Waals surface area contributed by atoms with Crippen molar-refractivity contribution in [1.82, 2.24) is 0 Å². The van der Waals surface area contributed by atoms with Gasteiger partial charge in [-0.25, -0.2) is 0 Å². The van der Waals surface area contributed by atoms with Gasteiger partial charge in [0.25, 0.3) is 0 Å². The van der Waals surface area contributed by atoms with Crippen molar-refractivity contribution in [3.63, 3.8) is 0 Å². The van der Waals surface area contributed by atoms with Crippen LogP contribution in [0.5, 0.6) is 5.75 Å². The van der Waals surface area contributed by atoms with Crippen LogP contribution >= 0.6 is 0 Å². The maximum Gasteiger partial charge on any atom is 0.122 e. The minimum Gasteiger partial charge on any atom is -0.494 e. The molecule has 0 saturated carbocycles. The number of aryl methyl sites for hydroxylation is 1. The van der Waals surface area contributed by atoms with E-state index in [-0.39, 0.29) is 6.61 Å². The van der Waals surface area contributed by atoms with Crippen molar-refractivity contribution in [3.05, 3.63) is 29.3 Å². The summed E-state index contributed by atoms with van der Waals surface area (Å²) in [5.41, 5.74) is 0.999. The number of benzene rings is 1. The molecule has 0 spiro atoms. The van der Waals surface area contributed by atoms with Crippen LogP contribution in [0.4, 0.5) is 0 Å². The molecule has 96 valence electrons. The molecule has 0 aliphatic rings. The number of aliphatic hydroxyl groups is 2. The third kappa shape index (κ3) is 3.72. The lowest BCUT2D eigenvalue weighted by Gasteiger charge is -2.24. The molecule has 0 aliphatic heterocycles. The van der Waals surface area contributed by atoms with E-state index in [1.54, 1.807) is 6.92 Å². The first-order chi connectivity index (χ1) is 8.01. The minimum absolute atomic E-state index is 0.103. The van der Waals surface area contributed by atoms with Crippen LogP contribution in [0.15, 0.2) is 18.2 Å². The van der Waals surface area contributed by atoms with Gasteiger partial charge in [-0.2, -0.15) is 0 Å². The van der Waals surface area contributed by atoms with Gasteiger partial charge in [0.1, 0.15) is 5.75 Å². The van der Waals surface area contributed by atoms with Crippen LogP contribution in [0.1, 0.15) is 37.8 Å². The van der Waals surface area contributed by atoms with E-state index in [1.165, 1.54) is 0 Å². The topological polar surface area (TPSA) is 49.7 Å². The largest absolute Gasteiger partial charge is 0.494 e. The van der Waals surface area contributed by atoms with Crippen molar-refractivity contribution >= 4 is 0 Å².